The number of carbonyl (C=O) groups is 2. The highest BCUT2D eigenvalue weighted by molar-refractivity contribution is 5.97. The first-order valence-electron chi connectivity index (χ1n) is 6.23. The molecule has 0 radical (unpaired) electrons. The molecule has 0 fully saturated rings. The van der Waals surface area contributed by atoms with Gasteiger partial charge in [0.05, 0.1) is 13.2 Å². The summed E-state index contributed by atoms with van der Waals surface area (Å²) >= 11 is 0. The molecule has 8 nitrogen and oxygen atoms in total. The molecule has 20 heavy (non-hydrogen) atoms. The topological polar surface area (TPSA) is 126 Å². The molecule has 0 heterocycles. The summed E-state index contributed by atoms with van der Waals surface area (Å²) in [5, 5.41) is 31.9. The minimum Gasteiger partial charge on any atom is -0.395 e. The number of hydrogen-bond donors (Lipinski definition) is 4. The predicted octanol–water partition coefficient (Wildman–Crippen LogP) is -2.07. The average Bonchev–Trinajstić information content (AvgIpc) is 2.46. The van der Waals surface area contributed by atoms with Gasteiger partial charge in [0.15, 0.2) is 0 Å². The minimum atomic E-state index is -0.547. The first kappa shape index (κ1) is 17.9. The fourth-order valence-corrected chi connectivity index (χ4v) is 1.39. The van der Waals surface area contributed by atoms with Crippen molar-refractivity contribution in [1.29, 1.82) is 5.26 Å². The number of nitrogens with zero attached hydrogens (tertiary/aromatic N) is 2. The molecular weight excluding hydrogens is 264 g/mol. The normalized spacial score (nSPS) is 10.6. The van der Waals surface area contributed by atoms with E-state index in [0.29, 0.717) is 25.9 Å². The molecule has 0 spiro atoms. The van der Waals surface area contributed by atoms with Crippen molar-refractivity contribution in [3.63, 3.8) is 0 Å². The van der Waals surface area contributed by atoms with Crippen LogP contribution < -0.4 is 10.6 Å². The van der Waals surface area contributed by atoms with E-state index in [9.17, 15) is 9.59 Å². The van der Waals surface area contributed by atoms with Crippen LogP contribution >= 0.6 is 0 Å². The number of hydrogen-bond acceptors (Lipinski definition) is 6. The molecule has 0 atom stereocenters. The second-order valence-electron chi connectivity index (χ2n) is 3.79. The largest absolute Gasteiger partial charge is 0.395 e. The zero-order chi connectivity index (χ0) is 15.2. The summed E-state index contributed by atoms with van der Waals surface area (Å²) in [5.74, 6) is -0.547. The molecule has 0 unspecified atom stereocenters. The van der Waals surface area contributed by atoms with Gasteiger partial charge in [-0.1, -0.05) is 0 Å². The Hall–Kier alpha value is -2.11. The Morgan fingerprint density at radius 1 is 1.20 bits per heavy atom. The van der Waals surface area contributed by atoms with E-state index in [1.165, 1.54) is 11.1 Å². The Morgan fingerprint density at radius 2 is 1.80 bits per heavy atom. The van der Waals surface area contributed by atoms with Crippen molar-refractivity contribution in [3.05, 3.63) is 11.8 Å². The van der Waals surface area contributed by atoms with Crippen molar-refractivity contribution in [1.82, 2.24) is 15.5 Å². The van der Waals surface area contributed by atoms with Gasteiger partial charge in [0.25, 0.3) is 5.91 Å². The monoisotopic (exact) mass is 284 g/mol. The van der Waals surface area contributed by atoms with Crippen molar-refractivity contribution >= 4 is 12.3 Å². The van der Waals surface area contributed by atoms with Gasteiger partial charge in [0, 0.05) is 32.4 Å². The van der Waals surface area contributed by atoms with Crippen molar-refractivity contribution in [2.24, 2.45) is 0 Å². The van der Waals surface area contributed by atoms with Crippen LogP contribution in [0, 0.1) is 11.3 Å². The summed E-state index contributed by atoms with van der Waals surface area (Å²) < 4.78 is 0. The summed E-state index contributed by atoms with van der Waals surface area (Å²) in [5.41, 5.74) is -0.102. The smallest absolute Gasteiger partial charge is 0.266 e. The maximum atomic E-state index is 11.9. The lowest BCUT2D eigenvalue weighted by Crippen LogP contribution is -2.37. The Kier molecular flexibility index (Phi) is 10.7. The summed E-state index contributed by atoms with van der Waals surface area (Å²) in [4.78, 5) is 23.1. The third-order valence-electron chi connectivity index (χ3n) is 2.35. The Morgan fingerprint density at radius 3 is 2.30 bits per heavy atom. The van der Waals surface area contributed by atoms with E-state index < -0.39 is 5.91 Å². The van der Waals surface area contributed by atoms with Crippen LogP contribution in [0.5, 0.6) is 0 Å². The molecule has 0 aliphatic carbocycles. The molecule has 0 bridgehead atoms. The Balaban J connectivity index is 4.36. The number of amides is 2. The van der Waals surface area contributed by atoms with Crippen molar-refractivity contribution < 1.29 is 19.8 Å². The lowest BCUT2D eigenvalue weighted by molar-refractivity contribution is -0.127. The van der Waals surface area contributed by atoms with Crippen LogP contribution in [0.3, 0.4) is 0 Å². The molecule has 0 aromatic heterocycles. The third-order valence-corrected chi connectivity index (χ3v) is 2.35. The van der Waals surface area contributed by atoms with Crippen molar-refractivity contribution in [2.45, 2.75) is 6.42 Å². The summed E-state index contributed by atoms with van der Waals surface area (Å²) in [7, 11) is 0. The predicted molar refractivity (Wildman–Crippen MR) is 71.1 cm³/mol. The fourth-order valence-electron chi connectivity index (χ4n) is 1.39. The van der Waals surface area contributed by atoms with E-state index in [2.05, 4.69) is 10.6 Å². The standard InChI is InChI=1S/C12H20N4O4/c13-8-11(9-14-2-1-3-15-10-19)12(20)16(4-6-17)5-7-18/h9-10,14,17-18H,1-7H2,(H,15,19)/b11-9-. The molecule has 0 saturated carbocycles. The van der Waals surface area contributed by atoms with E-state index in [1.54, 1.807) is 6.07 Å². The molecule has 0 aliphatic rings. The zero-order valence-electron chi connectivity index (χ0n) is 11.2. The van der Waals surface area contributed by atoms with Gasteiger partial charge < -0.3 is 25.7 Å². The number of aliphatic hydroxyl groups excluding tert-OH is 2. The van der Waals surface area contributed by atoms with E-state index in [0.717, 1.165) is 0 Å². The highest BCUT2D eigenvalue weighted by Crippen LogP contribution is 2.00. The van der Waals surface area contributed by atoms with E-state index in [-0.39, 0.29) is 31.9 Å². The van der Waals surface area contributed by atoms with Gasteiger partial charge in [-0.25, -0.2) is 0 Å². The SMILES string of the molecule is N#C/C(=C/NCCCNC=O)C(=O)N(CCO)CCO. The van der Waals surface area contributed by atoms with Gasteiger partial charge in [-0.15, -0.1) is 0 Å². The van der Waals surface area contributed by atoms with Gasteiger partial charge in [-0.05, 0) is 6.42 Å². The molecule has 112 valence electrons. The van der Waals surface area contributed by atoms with Crippen LogP contribution in [0.25, 0.3) is 0 Å². The zero-order valence-corrected chi connectivity index (χ0v) is 11.2. The van der Waals surface area contributed by atoms with Gasteiger partial charge in [0.1, 0.15) is 11.6 Å². The number of rotatable bonds is 11. The van der Waals surface area contributed by atoms with Gasteiger partial charge in [0.2, 0.25) is 6.41 Å². The van der Waals surface area contributed by atoms with Crippen LogP contribution in [0.4, 0.5) is 0 Å². The molecule has 0 rings (SSSR count). The molecule has 0 aliphatic heterocycles. The maximum absolute atomic E-state index is 11.9. The molecule has 0 saturated heterocycles. The maximum Gasteiger partial charge on any atom is 0.266 e. The van der Waals surface area contributed by atoms with Gasteiger partial charge in [-0.3, -0.25) is 9.59 Å². The first-order chi connectivity index (χ1) is 9.71. The van der Waals surface area contributed by atoms with E-state index in [4.69, 9.17) is 15.5 Å². The summed E-state index contributed by atoms with van der Waals surface area (Å²) in [6.07, 6.45) is 2.55. The average molecular weight is 284 g/mol. The van der Waals surface area contributed by atoms with Crippen molar-refractivity contribution in [2.75, 3.05) is 39.4 Å². The van der Waals surface area contributed by atoms with E-state index in [1.807, 2.05) is 0 Å². The number of nitriles is 1. The molecule has 0 aromatic carbocycles. The lowest BCUT2D eigenvalue weighted by Gasteiger charge is -2.20. The van der Waals surface area contributed by atoms with Crippen LogP contribution in [-0.4, -0.2) is 66.8 Å². The number of aliphatic hydroxyl groups is 2. The van der Waals surface area contributed by atoms with Gasteiger partial charge >= 0.3 is 0 Å². The number of nitrogens with one attached hydrogen (secondary N) is 2. The fraction of sp³-hybridized carbons (Fsp3) is 0.583. The lowest BCUT2D eigenvalue weighted by atomic mass is 10.2. The van der Waals surface area contributed by atoms with Gasteiger partial charge in [-0.2, -0.15) is 5.26 Å². The van der Waals surface area contributed by atoms with Crippen LogP contribution in [-0.2, 0) is 9.59 Å². The second-order valence-corrected chi connectivity index (χ2v) is 3.79. The highest BCUT2D eigenvalue weighted by atomic mass is 16.3. The second kappa shape index (κ2) is 12.0. The molecular formula is C12H20N4O4. The van der Waals surface area contributed by atoms with Crippen molar-refractivity contribution in [3.8, 4) is 6.07 Å². The minimum absolute atomic E-state index is 0.0572. The highest BCUT2D eigenvalue weighted by Gasteiger charge is 2.17. The molecule has 8 heteroatoms. The molecule has 4 N–H and O–H groups in total. The molecule has 2 amide bonds. The summed E-state index contributed by atoms with van der Waals surface area (Å²) in [6.45, 7) is 0.633. The first-order valence-corrected chi connectivity index (χ1v) is 6.23. The van der Waals surface area contributed by atoms with Crippen LogP contribution in [0.15, 0.2) is 11.8 Å². The Labute approximate surface area is 117 Å². The Bertz CT molecular complexity index is 359. The summed E-state index contributed by atoms with van der Waals surface area (Å²) in [6, 6.07) is 1.77. The van der Waals surface area contributed by atoms with E-state index >= 15 is 0 Å². The number of carbonyl (C=O) groups excluding carboxylic acids is 2. The van der Waals surface area contributed by atoms with Crippen LogP contribution in [0.2, 0.25) is 0 Å². The quantitative estimate of drug-likeness (QED) is 0.149. The van der Waals surface area contributed by atoms with Crippen LogP contribution in [0.1, 0.15) is 6.42 Å². The molecule has 0 aromatic rings. The third kappa shape index (κ3) is 7.35.